The van der Waals surface area contributed by atoms with Crippen LogP contribution in [0.5, 0.6) is 0 Å². The molecule has 0 spiro atoms. The summed E-state index contributed by atoms with van der Waals surface area (Å²) in [6.07, 6.45) is 2.38. The van der Waals surface area contributed by atoms with Crippen molar-refractivity contribution < 1.29 is 9.59 Å². The van der Waals surface area contributed by atoms with Gasteiger partial charge in [-0.05, 0) is 55.3 Å². The Labute approximate surface area is 189 Å². The van der Waals surface area contributed by atoms with Crippen molar-refractivity contribution in [2.75, 3.05) is 16.8 Å². The molecule has 2 amide bonds. The van der Waals surface area contributed by atoms with Crippen LogP contribution < -0.4 is 10.2 Å². The van der Waals surface area contributed by atoms with Crippen molar-refractivity contribution in [3.8, 4) is 11.3 Å². The molecule has 158 valence electrons. The van der Waals surface area contributed by atoms with Crippen LogP contribution in [0.2, 0.25) is 0 Å². The summed E-state index contributed by atoms with van der Waals surface area (Å²) >= 11 is 1.37. The Hall–Kier alpha value is -3.84. The normalized spacial score (nSPS) is 12.5. The van der Waals surface area contributed by atoms with Gasteiger partial charge in [-0.1, -0.05) is 29.8 Å². The van der Waals surface area contributed by atoms with Gasteiger partial charge in [0.05, 0.1) is 5.69 Å². The van der Waals surface area contributed by atoms with Gasteiger partial charge in [0.25, 0.3) is 11.8 Å². The lowest BCUT2D eigenvalue weighted by molar-refractivity contribution is 0.0987. The van der Waals surface area contributed by atoms with E-state index in [1.165, 1.54) is 11.3 Å². The van der Waals surface area contributed by atoms with Crippen LogP contribution in [-0.4, -0.2) is 28.3 Å². The quantitative estimate of drug-likeness (QED) is 0.486. The topological polar surface area (TPSA) is 75.2 Å². The zero-order valence-electron chi connectivity index (χ0n) is 17.4. The fourth-order valence-corrected chi connectivity index (χ4v) is 4.54. The van der Waals surface area contributed by atoms with Gasteiger partial charge < -0.3 is 4.90 Å². The van der Waals surface area contributed by atoms with Gasteiger partial charge in [0, 0.05) is 34.9 Å². The number of fused-ring (bicyclic) bond motifs is 1. The molecule has 0 saturated heterocycles. The van der Waals surface area contributed by atoms with Crippen LogP contribution in [0, 0.1) is 6.92 Å². The summed E-state index contributed by atoms with van der Waals surface area (Å²) in [6, 6.07) is 18.9. The molecule has 0 saturated carbocycles. The molecule has 4 aromatic rings. The molecule has 1 N–H and O–H groups in total. The first kappa shape index (κ1) is 20.1. The van der Waals surface area contributed by atoms with Gasteiger partial charge in [-0.15, -0.1) is 11.3 Å². The number of thiazole rings is 1. The van der Waals surface area contributed by atoms with Crippen molar-refractivity contribution >= 4 is 34.0 Å². The Balaban J connectivity index is 1.34. The summed E-state index contributed by atoms with van der Waals surface area (Å²) in [6.45, 7) is 2.65. The zero-order valence-corrected chi connectivity index (χ0v) is 18.2. The van der Waals surface area contributed by atoms with Crippen molar-refractivity contribution in [2.24, 2.45) is 0 Å². The highest BCUT2D eigenvalue weighted by Crippen LogP contribution is 2.34. The molecule has 1 aliphatic rings. The highest BCUT2D eigenvalue weighted by Gasteiger charge is 2.26. The average Bonchev–Trinajstić information content (AvgIpc) is 3.46. The second-order valence-corrected chi connectivity index (χ2v) is 8.48. The van der Waals surface area contributed by atoms with E-state index >= 15 is 0 Å². The summed E-state index contributed by atoms with van der Waals surface area (Å²) in [5, 5.41) is 5.24. The summed E-state index contributed by atoms with van der Waals surface area (Å²) in [5.74, 6) is -0.265. The van der Waals surface area contributed by atoms with E-state index in [1.807, 2.05) is 53.6 Å². The van der Waals surface area contributed by atoms with Gasteiger partial charge >= 0.3 is 0 Å². The Morgan fingerprint density at radius 3 is 2.78 bits per heavy atom. The number of pyridine rings is 1. The van der Waals surface area contributed by atoms with Gasteiger partial charge in [0.1, 0.15) is 5.69 Å². The number of hydrogen-bond donors (Lipinski definition) is 1. The SMILES string of the molecule is Cc1cccc(C(=O)N2CCc3cc(-c4csc(NC(=O)c5ccccn5)n4)ccc32)c1. The van der Waals surface area contributed by atoms with Crippen molar-refractivity contribution in [1.82, 2.24) is 9.97 Å². The number of carbonyl (C=O) groups is 2. The van der Waals surface area contributed by atoms with E-state index in [0.717, 1.165) is 34.5 Å². The number of nitrogens with zero attached hydrogens (tertiary/aromatic N) is 3. The van der Waals surface area contributed by atoms with Crippen LogP contribution in [0.3, 0.4) is 0 Å². The Bertz CT molecular complexity index is 1320. The van der Waals surface area contributed by atoms with E-state index < -0.39 is 0 Å². The molecular formula is C25H20N4O2S. The fourth-order valence-electron chi connectivity index (χ4n) is 3.83. The average molecular weight is 441 g/mol. The molecule has 6 nitrogen and oxygen atoms in total. The van der Waals surface area contributed by atoms with Gasteiger partial charge in [0.2, 0.25) is 0 Å². The predicted octanol–water partition coefficient (Wildman–Crippen LogP) is 4.97. The van der Waals surface area contributed by atoms with Crippen LogP contribution in [0.4, 0.5) is 10.8 Å². The van der Waals surface area contributed by atoms with Crippen molar-refractivity contribution in [1.29, 1.82) is 0 Å². The largest absolute Gasteiger partial charge is 0.308 e. The molecule has 5 rings (SSSR count). The lowest BCUT2D eigenvalue weighted by Crippen LogP contribution is -2.28. The van der Waals surface area contributed by atoms with Crippen LogP contribution in [0.15, 0.2) is 72.2 Å². The molecule has 7 heteroatoms. The first-order valence-electron chi connectivity index (χ1n) is 10.3. The number of nitrogens with one attached hydrogen (secondary N) is 1. The smallest absolute Gasteiger partial charge is 0.276 e. The Morgan fingerprint density at radius 1 is 1.06 bits per heavy atom. The Morgan fingerprint density at radius 2 is 1.97 bits per heavy atom. The molecule has 0 atom stereocenters. The monoisotopic (exact) mass is 440 g/mol. The zero-order chi connectivity index (χ0) is 22.1. The standard InChI is InChI=1S/C25H20N4O2S/c1-16-5-4-6-19(13-16)24(31)29-12-10-18-14-17(8-9-22(18)29)21-15-32-25(27-21)28-23(30)20-7-2-3-11-26-20/h2-9,11,13-15H,10,12H2,1H3,(H,27,28,30). The van der Waals surface area contributed by atoms with E-state index in [-0.39, 0.29) is 11.8 Å². The number of benzene rings is 2. The van der Waals surface area contributed by atoms with Gasteiger partial charge in [-0.25, -0.2) is 4.98 Å². The minimum absolute atomic E-state index is 0.0216. The van der Waals surface area contributed by atoms with Crippen LogP contribution >= 0.6 is 11.3 Å². The number of aromatic nitrogens is 2. The maximum Gasteiger partial charge on any atom is 0.276 e. The molecular weight excluding hydrogens is 420 g/mol. The van der Waals surface area contributed by atoms with Crippen LogP contribution in [0.25, 0.3) is 11.3 Å². The van der Waals surface area contributed by atoms with E-state index in [9.17, 15) is 9.59 Å². The van der Waals surface area contributed by atoms with Gasteiger partial charge in [-0.3, -0.25) is 19.9 Å². The minimum atomic E-state index is -0.286. The maximum atomic E-state index is 13.0. The van der Waals surface area contributed by atoms with Gasteiger partial charge in [-0.2, -0.15) is 0 Å². The van der Waals surface area contributed by atoms with Crippen molar-refractivity contribution in [3.05, 3.63) is 94.6 Å². The molecule has 2 aromatic heterocycles. The van der Waals surface area contributed by atoms with Crippen LogP contribution in [0.1, 0.15) is 32.0 Å². The molecule has 32 heavy (non-hydrogen) atoms. The number of anilines is 2. The van der Waals surface area contributed by atoms with Crippen molar-refractivity contribution in [3.63, 3.8) is 0 Å². The minimum Gasteiger partial charge on any atom is -0.308 e. The van der Waals surface area contributed by atoms with Crippen molar-refractivity contribution in [2.45, 2.75) is 13.3 Å². The molecule has 0 radical (unpaired) electrons. The Kier molecular flexibility index (Phi) is 5.25. The lowest BCUT2D eigenvalue weighted by Gasteiger charge is -2.18. The van der Waals surface area contributed by atoms with Crippen LogP contribution in [-0.2, 0) is 6.42 Å². The third-order valence-corrected chi connectivity index (χ3v) is 6.16. The summed E-state index contributed by atoms with van der Waals surface area (Å²) in [4.78, 5) is 35.8. The second-order valence-electron chi connectivity index (χ2n) is 7.63. The van der Waals surface area contributed by atoms with E-state index in [2.05, 4.69) is 21.4 Å². The molecule has 1 aliphatic heterocycles. The molecule has 0 bridgehead atoms. The molecule has 3 heterocycles. The van der Waals surface area contributed by atoms with E-state index in [1.54, 1.807) is 24.4 Å². The molecule has 0 unspecified atom stereocenters. The second kappa shape index (κ2) is 8.36. The predicted molar refractivity (Wildman–Crippen MR) is 126 cm³/mol. The summed E-state index contributed by atoms with van der Waals surface area (Å²) in [7, 11) is 0. The fraction of sp³-hybridized carbons (Fsp3) is 0.120. The highest BCUT2D eigenvalue weighted by molar-refractivity contribution is 7.14. The lowest BCUT2D eigenvalue weighted by atomic mass is 10.1. The van der Waals surface area contributed by atoms with Gasteiger partial charge in [0.15, 0.2) is 5.13 Å². The molecule has 0 aliphatic carbocycles. The molecule has 0 fully saturated rings. The first-order chi connectivity index (χ1) is 15.6. The summed E-state index contributed by atoms with van der Waals surface area (Å²) < 4.78 is 0. The number of rotatable bonds is 4. The first-order valence-corrected chi connectivity index (χ1v) is 11.2. The molecule has 2 aromatic carbocycles. The summed E-state index contributed by atoms with van der Waals surface area (Å²) in [5.41, 5.74) is 5.94. The third-order valence-electron chi connectivity index (χ3n) is 5.40. The third kappa shape index (κ3) is 3.90. The number of carbonyl (C=O) groups excluding carboxylic acids is 2. The van der Waals surface area contributed by atoms with E-state index in [0.29, 0.717) is 22.9 Å². The number of amides is 2. The number of aryl methyl sites for hydroxylation is 1. The number of hydrogen-bond acceptors (Lipinski definition) is 5. The highest BCUT2D eigenvalue weighted by atomic mass is 32.1. The maximum absolute atomic E-state index is 13.0. The van der Waals surface area contributed by atoms with E-state index in [4.69, 9.17) is 0 Å².